The molecule has 0 radical (unpaired) electrons. The van der Waals surface area contributed by atoms with Gasteiger partial charge in [-0.15, -0.1) is 0 Å². The molecule has 166 valence electrons. The van der Waals surface area contributed by atoms with Crippen molar-refractivity contribution in [1.29, 1.82) is 0 Å². The predicted molar refractivity (Wildman–Crippen MR) is 125 cm³/mol. The van der Waals surface area contributed by atoms with E-state index in [-0.39, 0.29) is 28.1 Å². The van der Waals surface area contributed by atoms with Crippen LogP contribution in [0.15, 0.2) is 64.0 Å². The van der Waals surface area contributed by atoms with Crippen molar-refractivity contribution < 1.29 is 14.0 Å². The molecule has 1 amide bonds. The van der Waals surface area contributed by atoms with E-state index >= 15 is 0 Å². The molecule has 2 aromatic carbocycles. The first-order valence-corrected chi connectivity index (χ1v) is 11.2. The molecule has 3 aromatic rings. The van der Waals surface area contributed by atoms with Gasteiger partial charge in [-0.1, -0.05) is 57.9 Å². The number of aromatic nitrogens is 1. The number of hydrogen-bond donors (Lipinski definition) is 3. The Morgan fingerprint density at radius 3 is 2.69 bits per heavy atom. The van der Waals surface area contributed by atoms with Gasteiger partial charge in [-0.25, -0.2) is 9.87 Å². The molecule has 1 aliphatic rings. The van der Waals surface area contributed by atoms with Gasteiger partial charge in [-0.3, -0.25) is 14.4 Å². The minimum atomic E-state index is -0.609. The Hall–Kier alpha value is -2.68. The molecule has 6 nitrogen and oxygen atoms in total. The normalized spacial score (nSPS) is 14.1. The quantitative estimate of drug-likeness (QED) is 0.349. The number of carbonyl (C=O) groups is 1. The molecular weight excluding hydrogens is 501 g/mol. The Morgan fingerprint density at radius 2 is 2.00 bits per heavy atom. The number of nitrogens with one attached hydrogen (secondary N) is 3. The predicted octanol–water partition coefficient (Wildman–Crippen LogP) is 5.36. The molecule has 1 fully saturated rings. The van der Waals surface area contributed by atoms with E-state index in [4.69, 9.17) is 16.4 Å². The first-order valence-electron chi connectivity index (χ1n) is 10.1. The molecule has 1 saturated carbocycles. The Balaban J connectivity index is 1.52. The molecule has 3 N–H and O–H groups in total. The average Bonchev–Trinajstić information content (AvgIpc) is 3.62. The van der Waals surface area contributed by atoms with E-state index in [0.717, 1.165) is 18.4 Å². The van der Waals surface area contributed by atoms with Crippen molar-refractivity contribution in [2.45, 2.75) is 25.4 Å². The minimum Gasteiger partial charge on any atom is -0.351 e. The van der Waals surface area contributed by atoms with Crippen LogP contribution < -0.4 is 16.4 Å². The third-order valence-electron chi connectivity index (χ3n) is 5.20. The number of rotatable bonds is 8. The summed E-state index contributed by atoms with van der Waals surface area (Å²) in [4.78, 5) is 33.1. The maximum Gasteiger partial charge on any atom is 0.278 e. The summed E-state index contributed by atoms with van der Waals surface area (Å²) < 4.78 is 14.9. The van der Waals surface area contributed by atoms with Crippen LogP contribution in [0.2, 0.25) is 5.02 Å². The molecule has 1 atom stereocenters. The standard InChI is InChI=1S/C23H20BrClFN3O3/c24-15-8-9-18(17(26)11-15)28-21-16(12-27-23(31)20(21)25)22(30)29-32-19(14-6-7-14)10-13-4-2-1-3-5-13/h1-5,8-9,11-12,14,19H,6-7,10H2,(H,29,30)(H2,27,28,31). The van der Waals surface area contributed by atoms with Gasteiger partial charge in [-0.05, 0) is 42.5 Å². The maximum atomic E-state index is 14.3. The van der Waals surface area contributed by atoms with Gasteiger partial charge in [0.1, 0.15) is 10.8 Å². The van der Waals surface area contributed by atoms with Crippen LogP contribution in [0.5, 0.6) is 0 Å². The highest BCUT2D eigenvalue weighted by Gasteiger charge is 2.33. The highest BCUT2D eigenvalue weighted by atomic mass is 79.9. The lowest BCUT2D eigenvalue weighted by Gasteiger charge is -2.19. The van der Waals surface area contributed by atoms with Crippen LogP contribution in [0.1, 0.15) is 28.8 Å². The van der Waals surface area contributed by atoms with Crippen molar-refractivity contribution in [3.05, 3.63) is 91.5 Å². The number of benzene rings is 2. The number of halogens is 3. The number of anilines is 2. The number of aromatic amines is 1. The highest BCUT2D eigenvalue weighted by Crippen LogP contribution is 2.36. The number of carbonyl (C=O) groups excluding carboxylic acids is 1. The van der Waals surface area contributed by atoms with E-state index in [1.807, 2.05) is 30.3 Å². The van der Waals surface area contributed by atoms with Crippen LogP contribution in [0.3, 0.4) is 0 Å². The number of H-pyrrole nitrogens is 1. The topological polar surface area (TPSA) is 83.2 Å². The first-order chi connectivity index (χ1) is 15.4. The highest BCUT2D eigenvalue weighted by molar-refractivity contribution is 9.10. The second-order valence-corrected chi connectivity index (χ2v) is 8.88. The monoisotopic (exact) mass is 519 g/mol. The molecule has 0 saturated heterocycles. The zero-order chi connectivity index (χ0) is 22.7. The van der Waals surface area contributed by atoms with Crippen molar-refractivity contribution in [1.82, 2.24) is 10.5 Å². The van der Waals surface area contributed by atoms with Crippen LogP contribution in [0.25, 0.3) is 0 Å². The van der Waals surface area contributed by atoms with Gasteiger partial charge < -0.3 is 10.3 Å². The smallest absolute Gasteiger partial charge is 0.278 e. The fourth-order valence-electron chi connectivity index (χ4n) is 3.33. The summed E-state index contributed by atoms with van der Waals surface area (Å²) in [5.41, 5.74) is 3.05. The van der Waals surface area contributed by atoms with Crippen molar-refractivity contribution in [3.63, 3.8) is 0 Å². The second kappa shape index (κ2) is 9.85. The Kier molecular flexibility index (Phi) is 6.93. The summed E-state index contributed by atoms with van der Waals surface area (Å²) in [7, 11) is 0. The van der Waals surface area contributed by atoms with E-state index < -0.39 is 17.3 Å². The molecule has 1 heterocycles. The number of hydroxylamine groups is 1. The zero-order valence-electron chi connectivity index (χ0n) is 16.8. The fourth-order valence-corrected chi connectivity index (χ4v) is 3.87. The van der Waals surface area contributed by atoms with Crippen molar-refractivity contribution in [2.75, 3.05) is 5.32 Å². The Labute approximate surface area is 197 Å². The summed E-state index contributed by atoms with van der Waals surface area (Å²) in [5.74, 6) is -0.819. The fraction of sp³-hybridized carbons (Fsp3) is 0.217. The summed E-state index contributed by atoms with van der Waals surface area (Å²) in [5, 5.41) is 2.50. The maximum absolute atomic E-state index is 14.3. The molecular formula is C23H20BrClFN3O3. The molecule has 0 bridgehead atoms. The van der Waals surface area contributed by atoms with Crippen molar-refractivity contribution >= 4 is 44.8 Å². The van der Waals surface area contributed by atoms with Crippen molar-refractivity contribution in [3.8, 4) is 0 Å². The second-order valence-electron chi connectivity index (χ2n) is 7.58. The Morgan fingerprint density at radius 1 is 1.25 bits per heavy atom. The minimum absolute atomic E-state index is 0.0104. The molecule has 9 heteroatoms. The number of hydrogen-bond acceptors (Lipinski definition) is 4. The first kappa shape index (κ1) is 22.5. The van der Waals surface area contributed by atoms with Crippen LogP contribution >= 0.6 is 27.5 Å². The lowest BCUT2D eigenvalue weighted by atomic mass is 10.1. The van der Waals surface area contributed by atoms with Gasteiger partial charge in [0, 0.05) is 17.1 Å². The lowest BCUT2D eigenvalue weighted by Crippen LogP contribution is -2.33. The van der Waals surface area contributed by atoms with Gasteiger partial charge in [0.25, 0.3) is 11.5 Å². The van der Waals surface area contributed by atoms with Crippen LogP contribution in [-0.2, 0) is 11.3 Å². The molecule has 4 rings (SSSR count). The van der Waals surface area contributed by atoms with E-state index in [1.54, 1.807) is 6.07 Å². The molecule has 32 heavy (non-hydrogen) atoms. The number of pyridine rings is 1. The van der Waals surface area contributed by atoms with Gasteiger partial charge in [-0.2, -0.15) is 0 Å². The summed E-state index contributed by atoms with van der Waals surface area (Å²) in [6, 6.07) is 14.2. The SMILES string of the molecule is O=C(NOC(Cc1ccccc1)C1CC1)c1c[nH]c(=O)c(Cl)c1Nc1ccc(Br)cc1F. The summed E-state index contributed by atoms with van der Waals surface area (Å²) >= 11 is 9.34. The molecule has 1 unspecified atom stereocenters. The molecule has 1 aliphatic carbocycles. The van der Waals surface area contributed by atoms with E-state index in [9.17, 15) is 14.0 Å². The molecule has 0 spiro atoms. The summed E-state index contributed by atoms with van der Waals surface area (Å²) in [6.45, 7) is 0. The third-order valence-corrected chi connectivity index (χ3v) is 6.06. The van der Waals surface area contributed by atoms with Gasteiger partial charge in [0.05, 0.1) is 23.0 Å². The zero-order valence-corrected chi connectivity index (χ0v) is 19.2. The van der Waals surface area contributed by atoms with E-state index in [0.29, 0.717) is 16.8 Å². The average molecular weight is 521 g/mol. The van der Waals surface area contributed by atoms with Crippen LogP contribution in [-0.4, -0.2) is 17.0 Å². The van der Waals surface area contributed by atoms with Gasteiger partial charge in [0.15, 0.2) is 0 Å². The van der Waals surface area contributed by atoms with Crippen LogP contribution in [0, 0.1) is 11.7 Å². The Bertz CT molecular complexity index is 1180. The number of amides is 1. The van der Waals surface area contributed by atoms with Gasteiger partial charge in [0.2, 0.25) is 0 Å². The van der Waals surface area contributed by atoms with Crippen LogP contribution in [0.4, 0.5) is 15.8 Å². The van der Waals surface area contributed by atoms with Crippen molar-refractivity contribution in [2.24, 2.45) is 5.92 Å². The molecule has 0 aliphatic heterocycles. The van der Waals surface area contributed by atoms with E-state index in [1.165, 1.54) is 18.3 Å². The lowest BCUT2D eigenvalue weighted by molar-refractivity contribution is -0.0255. The molecule has 1 aromatic heterocycles. The third kappa shape index (κ3) is 5.38. The van der Waals surface area contributed by atoms with Gasteiger partial charge >= 0.3 is 0 Å². The largest absolute Gasteiger partial charge is 0.351 e. The van der Waals surface area contributed by atoms with E-state index in [2.05, 4.69) is 31.7 Å². The summed E-state index contributed by atoms with van der Waals surface area (Å²) in [6.07, 6.45) is 3.77.